The molecule has 2 amide bonds. The summed E-state index contributed by atoms with van der Waals surface area (Å²) in [5, 5.41) is 7.70. The van der Waals surface area contributed by atoms with E-state index in [2.05, 4.69) is 26.7 Å². The van der Waals surface area contributed by atoms with Gasteiger partial charge in [-0.05, 0) is 71.8 Å². The number of thiophene rings is 1. The fourth-order valence-electron chi connectivity index (χ4n) is 4.76. The number of amides is 2. The number of pyridine rings is 2. The summed E-state index contributed by atoms with van der Waals surface area (Å²) in [7, 11) is 1.24. The zero-order valence-corrected chi connectivity index (χ0v) is 24.4. The third kappa shape index (κ3) is 5.74. The highest BCUT2D eigenvalue weighted by molar-refractivity contribution is 7.13. The maximum absolute atomic E-state index is 14.0. The second-order valence-electron chi connectivity index (χ2n) is 9.77. The molecule has 1 aliphatic heterocycles. The molecule has 0 aliphatic carbocycles. The van der Waals surface area contributed by atoms with Crippen LogP contribution in [0.3, 0.4) is 0 Å². The number of benzene rings is 1. The fourth-order valence-corrected chi connectivity index (χ4v) is 5.74. The maximum Gasteiger partial charge on any atom is 0.357 e. The molecule has 4 N–H and O–H groups in total. The van der Waals surface area contributed by atoms with Crippen LogP contribution >= 0.6 is 11.3 Å². The van der Waals surface area contributed by atoms with Crippen molar-refractivity contribution in [1.82, 2.24) is 15.3 Å². The summed E-state index contributed by atoms with van der Waals surface area (Å²) in [6.07, 6.45) is 3.09. The Kier molecular flexibility index (Phi) is 8.60. The lowest BCUT2D eigenvalue weighted by molar-refractivity contribution is 0.0594. The number of carbonyl (C=O) groups excluding carboxylic acids is 3. The van der Waals surface area contributed by atoms with Crippen LogP contribution in [0.2, 0.25) is 0 Å². The van der Waals surface area contributed by atoms with E-state index < -0.39 is 17.8 Å². The van der Waals surface area contributed by atoms with Gasteiger partial charge in [-0.15, -0.1) is 11.3 Å². The Morgan fingerprint density at radius 2 is 1.93 bits per heavy atom. The number of hydrogen-bond donors (Lipinski definition) is 3. The van der Waals surface area contributed by atoms with Crippen LogP contribution in [0.5, 0.6) is 5.75 Å². The summed E-state index contributed by atoms with van der Waals surface area (Å²) >= 11 is 1.57. The minimum Gasteiger partial charge on any atom is -0.493 e. The molecule has 0 radical (unpaired) electrons. The minimum atomic E-state index is -0.743. The highest BCUT2D eigenvalue weighted by Crippen LogP contribution is 2.43. The van der Waals surface area contributed by atoms with Crippen molar-refractivity contribution in [3.05, 3.63) is 81.6 Å². The Morgan fingerprint density at radius 1 is 1.10 bits per heavy atom. The summed E-state index contributed by atoms with van der Waals surface area (Å²) in [6.45, 7) is 5.03. The number of rotatable bonds is 8. The molecule has 5 rings (SSSR count). The quantitative estimate of drug-likeness (QED) is 0.251. The molecule has 0 unspecified atom stereocenters. The van der Waals surface area contributed by atoms with Gasteiger partial charge in [-0.25, -0.2) is 14.8 Å². The molecule has 1 aliphatic rings. The summed E-state index contributed by atoms with van der Waals surface area (Å²) in [5.41, 5.74) is 10.2. The maximum atomic E-state index is 14.0. The molecule has 0 fully saturated rings. The molecule has 4 aromatic rings. The van der Waals surface area contributed by atoms with Crippen molar-refractivity contribution in [2.75, 3.05) is 25.6 Å². The van der Waals surface area contributed by atoms with E-state index in [9.17, 15) is 14.4 Å². The highest BCUT2D eigenvalue weighted by atomic mass is 32.1. The van der Waals surface area contributed by atoms with E-state index >= 15 is 0 Å². The van der Waals surface area contributed by atoms with E-state index in [-0.39, 0.29) is 17.0 Å². The van der Waals surface area contributed by atoms with E-state index in [0.29, 0.717) is 42.4 Å². The predicted molar refractivity (Wildman–Crippen MR) is 161 cm³/mol. The zero-order chi connectivity index (χ0) is 29.8. The number of aromatic nitrogens is 2. The number of carbonyl (C=O) groups is 3. The van der Waals surface area contributed by atoms with Crippen molar-refractivity contribution >= 4 is 34.9 Å². The van der Waals surface area contributed by atoms with E-state index in [1.54, 1.807) is 35.7 Å². The number of aryl methyl sites for hydroxylation is 1. The van der Waals surface area contributed by atoms with Crippen molar-refractivity contribution in [3.63, 3.8) is 0 Å². The van der Waals surface area contributed by atoms with Crippen molar-refractivity contribution in [1.29, 1.82) is 0 Å². The summed E-state index contributed by atoms with van der Waals surface area (Å²) in [6, 6.07) is 10.6. The lowest BCUT2D eigenvalue weighted by Crippen LogP contribution is -2.26. The molecule has 0 atom stereocenters. The van der Waals surface area contributed by atoms with Gasteiger partial charge in [0.25, 0.3) is 11.8 Å². The van der Waals surface area contributed by atoms with Gasteiger partial charge in [0, 0.05) is 52.8 Å². The number of esters is 1. The molecule has 0 bridgehead atoms. The molecule has 11 heteroatoms. The van der Waals surface area contributed by atoms with Gasteiger partial charge >= 0.3 is 5.97 Å². The van der Waals surface area contributed by atoms with Crippen LogP contribution in [0.1, 0.15) is 61.4 Å². The molecule has 0 saturated heterocycles. The summed E-state index contributed by atoms with van der Waals surface area (Å²) < 4.78 is 11.2. The van der Waals surface area contributed by atoms with Crippen LogP contribution in [-0.2, 0) is 17.7 Å². The third-order valence-electron chi connectivity index (χ3n) is 6.92. The average molecular weight is 586 g/mol. The lowest BCUT2D eigenvalue weighted by Gasteiger charge is -2.18. The molecular weight excluding hydrogens is 554 g/mol. The number of methoxy groups -OCH3 is 1. The van der Waals surface area contributed by atoms with Crippen LogP contribution < -0.4 is 21.1 Å². The largest absolute Gasteiger partial charge is 0.493 e. The first-order valence-corrected chi connectivity index (χ1v) is 14.4. The van der Waals surface area contributed by atoms with E-state index in [1.165, 1.54) is 13.2 Å². The number of anilines is 1. The smallest absolute Gasteiger partial charge is 0.357 e. The van der Waals surface area contributed by atoms with Crippen LogP contribution in [0, 0.1) is 6.92 Å². The van der Waals surface area contributed by atoms with Gasteiger partial charge < -0.3 is 25.8 Å². The molecule has 0 saturated carbocycles. The Hall–Kier alpha value is -4.61. The monoisotopic (exact) mass is 585 g/mol. The molecule has 42 heavy (non-hydrogen) atoms. The fraction of sp³-hybridized carbons (Fsp3) is 0.258. The van der Waals surface area contributed by atoms with E-state index in [0.717, 1.165) is 40.0 Å². The van der Waals surface area contributed by atoms with Crippen LogP contribution in [0.15, 0.2) is 48.0 Å². The number of nitrogens with zero attached hydrogens (tertiary/aromatic N) is 2. The van der Waals surface area contributed by atoms with Gasteiger partial charge in [0.05, 0.1) is 13.7 Å². The Morgan fingerprint density at radius 3 is 2.67 bits per heavy atom. The van der Waals surface area contributed by atoms with Gasteiger partial charge in [-0.2, -0.15) is 0 Å². The van der Waals surface area contributed by atoms with Gasteiger partial charge in [0.15, 0.2) is 5.69 Å². The zero-order valence-electron chi connectivity index (χ0n) is 23.6. The molecule has 0 spiro atoms. The SMILES string of the molecule is CCCNC(=O)c1ccc(-c2cc3c(cc2C(=O)Nc2ncc(CN)cc2C)-c2sccc2CCO3)c(C(=O)OC)n1. The molecule has 1 aromatic carbocycles. The second kappa shape index (κ2) is 12.5. The number of hydrogen-bond acceptors (Lipinski definition) is 9. The molecule has 3 aromatic heterocycles. The van der Waals surface area contributed by atoms with Crippen molar-refractivity contribution in [2.24, 2.45) is 5.73 Å². The topological polar surface area (TPSA) is 146 Å². The lowest BCUT2D eigenvalue weighted by atomic mass is 9.93. The predicted octanol–water partition coefficient (Wildman–Crippen LogP) is 4.75. The Bertz CT molecular complexity index is 1680. The van der Waals surface area contributed by atoms with Gasteiger partial charge in [-0.3, -0.25) is 9.59 Å². The number of nitrogens with two attached hydrogens (primary N) is 1. The second-order valence-corrected chi connectivity index (χ2v) is 10.7. The van der Waals surface area contributed by atoms with E-state index in [4.69, 9.17) is 15.2 Å². The van der Waals surface area contributed by atoms with Crippen LogP contribution in [0.25, 0.3) is 21.6 Å². The summed E-state index contributed by atoms with van der Waals surface area (Å²) in [4.78, 5) is 49.4. The molecule has 216 valence electrons. The van der Waals surface area contributed by atoms with Crippen LogP contribution in [-0.4, -0.2) is 48.0 Å². The standard InChI is InChI=1S/C31H31N5O5S/c1-4-9-33-30(38)24-6-5-20(26(35-24)31(39)40-3)21-14-25-23(27-19(7-10-41-25)8-11-42-27)13-22(21)29(37)36-28-17(2)12-18(15-32)16-34-28/h5-6,8,11-14,16H,4,7,9-10,15,32H2,1-3H3,(H,33,38)(H,34,36,37). The highest BCUT2D eigenvalue weighted by Gasteiger charge is 2.27. The first-order chi connectivity index (χ1) is 20.3. The van der Waals surface area contributed by atoms with Crippen molar-refractivity contribution < 1.29 is 23.9 Å². The number of fused-ring (bicyclic) bond motifs is 3. The Labute approximate surface area is 247 Å². The number of ether oxygens (including phenoxy) is 2. The molecule has 10 nitrogen and oxygen atoms in total. The first kappa shape index (κ1) is 28.9. The van der Waals surface area contributed by atoms with Crippen molar-refractivity contribution in [3.8, 4) is 27.3 Å². The Balaban J connectivity index is 1.68. The minimum absolute atomic E-state index is 0.0626. The van der Waals surface area contributed by atoms with Gasteiger partial charge in [-0.1, -0.05) is 6.92 Å². The van der Waals surface area contributed by atoms with Crippen LogP contribution in [0.4, 0.5) is 5.82 Å². The van der Waals surface area contributed by atoms with Crippen molar-refractivity contribution in [2.45, 2.75) is 33.2 Å². The summed E-state index contributed by atoms with van der Waals surface area (Å²) in [5.74, 6) is -0.630. The normalized spacial score (nSPS) is 11.9. The molecular formula is C31H31N5O5S. The van der Waals surface area contributed by atoms with Gasteiger partial charge in [0.1, 0.15) is 17.3 Å². The number of nitrogens with one attached hydrogen (secondary N) is 2. The average Bonchev–Trinajstić information content (AvgIpc) is 3.41. The van der Waals surface area contributed by atoms with E-state index in [1.807, 2.05) is 25.3 Å². The third-order valence-corrected chi connectivity index (χ3v) is 7.91. The molecule has 4 heterocycles. The first-order valence-electron chi connectivity index (χ1n) is 13.6. The van der Waals surface area contributed by atoms with Gasteiger partial charge in [0.2, 0.25) is 0 Å².